The highest BCUT2D eigenvalue weighted by atomic mass is 16.5. The van der Waals surface area contributed by atoms with Crippen LogP contribution in [-0.2, 0) is 32.9 Å². The number of H-pyrrole nitrogens is 1. The zero-order chi connectivity index (χ0) is 20.3. The molecule has 0 spiro atoms. The molecule has 0 aliphatic heterocycles. The molecule has 2 aromatic carbocycles. The first-order valence-electron chi connectivity index (χ1n) is 10.8. The summed E-state index contributed by atoms with van der Waals surface area (Å²) in [5.41, 5.74) is 6.51. The third kappa shape index (κ3) is 4.12. The summed E-state index contributed by atoms with van der Waals surface area (Å²) in [7, 11) is 1.97. The maximum atomic E-state index is 6.07. The lowest BCUT2D eigenvalue weighted by Crippen LogP contribution is -2.35. The van der Waals surface area contributed by atoms with Gasteiger partial charge in [-0.3, -0.25) is 4.68 Å². The smallest absolute Gasteiger partial charge is 0.120 e. The van der Waals surface area contributed by atoms with Crippen molar-refractivity contribution in [3.63, 3.8) is 0 Å². The summed E-state index contributed by atoms with van der Waals surface area (Å²) in [6, 6.07) is 17.3. The van der Waals surface area contributed by atoms with Crippen molar-refractivity contribution in [1.82, 2.24) is 20.1 Å². The van der Waals surface area contributed by atoms with Crippen LogP contribution in [-0.4, -0.2) is 27.4 Å². The van der Waals surface area contributed by atoms with Gasteiger partial charge in [0.1, 0.15) is 12.4 Å². The number of nitrogens with zero attached hydrogens (tertiary/aromatic N) is 2. The molecule has 1 aliphatic carbocycles. The Labute approximate surface area is 177 Å². The molecule has 2 heterocycles. The van der Waals surface area contributed by atoms with Crippen LogP contribution in [0.2, 0.25) is 0 Å². The number of fused-ring (bicyclic) bond motifs is 3. The largest absolute Gasteiger partial charge is 0.489 e. The highest BCUT2D eigenvalue weighted by molar-refractivity contribution is 5.86. The lowest BCUT2D eigenvalue weighted by molar-refractivity contribution is 0.306. The average Bonchev–Trinajstić information content (AvgIpc) is 3.35. The van der Waals surface area contributed by atoms with Gasteiger partial charge in [0, 0.05) is 35.9 Å². The maximum Gasteiger partial charge on any atom is 0.120 e. The van der Waals surface area contributed by atoms with E-state index in [4.69, 9.17) is 4.74 Å². The number of aryl methyl sites for hydroxylation is 2. The number of hydrogen-bond acceptors (Lipinski definition) is 3. The SMILES string of the molecule is Cn1cc(CCNC2CCc3[nH]c4ccc(OCc5ccccc5)cc4c3C2)cn1. The monoisotopic (exact) mass is 400 g/mol. The highest BCUT2D eigenvalue weighted by Crippen LogP contribution is 2.32. The van der Waals surface area contributed by atoms with Crippen molar-refractivity contribution >= 4 is 10.9 Å². The van der Waals surface area contributed by atoms with Crippen molar-refractivity contribution in [3.05, 3.63) is 83.3 Å². The first-order valence-corrected chi connectivity index (χ1v) is 10.8. The van der Waals surface area contributed by atoms with Gasteiger partial charge in [0.15, 0.2) is 0 Å². The molecule has 1 unspecified atom stereocenters. The minimum Gasteiger partial charge on any atom is -0.489 e. The summed E-state index contributed by atoms with van der Waals surface area (Å²) in [6.45, 7) is 1.58. The van der Waals surface area contributed by atoms with E-state index in [9.17, 15) is 0 Å². The van der Waals surface area contributed by atoms with Crippen LogP contribution in [0.15, 0.2) is 60.9 Å². The van der Waals surface area contributed by atoms with Crippen molar-refractivity contribution in [1.29, 1.82) is 0 Å². The number of aromatic amines is 1. The molecule has 1 atom stereocenters. The molecule has 154 valence electrons. The Bertz CT molecular complexity index is 1130. The van der Waals surface area contributed by atoms with E-state index in [0.29, 0.717) is 12.6 Å². The van der Waals surface area contributed by atoms with Gasteiger partial charge in [0.25, 0.3) is 0 Å². The van der Waals surface area contributed by atoms with E-state index in [1.807, 2.05) is 36.1 Å². The van der Waals surface area contributed by atoms with Gasteiger partial charge in [-0.1, -0.05) is 30.3 Å². The molecule has 5 rings (SSSR count). The van der Waals surface area contributed by atoms with Crippen molar-refractivity contribution in [2.75, 3.05) is 6.54 Å². The molecule has 30 heavy (non-hydrogen) atoms. The van der Waals surface area contributed by atoms with Crippen LogP contribution in [0, 0.1) is 0 Å². The predicted octanol–water partition coefficient (Wildman–Crippen LogP) is 4.17. The maximum absolute atomic E-state index is 6.07. The van der Waals surface area contributed by atoms with Crippen LogP contribution in [0.3, 0.4) is 0 Å². The lowest BCUT2D eigenvalue weighted by Gasteiger charge is -2.23. The quantitative estimate of drug-likeness (QED) is 0.490. The molecule has 0 bridgehead atoms. The van der Waals surface area contributed by atoms with Crippen molar-refractivity contribution in [2.45, 2.75) is 38.3 Å². The van der Waals surface area contributed by atoms with Gasteiger partial charge in [-0.15, -0.1) is 0 Å². The fourth-order valence-corrected chi connectivity index (χ4v) is 4.42. The number of hydrogen-bond donors (Lipinski definition) is 2. The Morgan fingerprint density at radius 3 is 2.90 bits per heavy atom. The zero-order valence-corrected chi connectivity index (χ0v) is 17.4. The summed E-state index contributed by atoms with van der Waals surface area (Å²) in [6.07, 6.45) is 8.39. The number of rotatable bonds is 7. The number of benzene rings is 2. The van der Waals surface area contributed by atoms with E-state index >= 15 is 0 Å². The Balaban J connectivity index is 1.25. The first kappa shape index (κ1) is 18.9. The highest BCUT2D eigenvalue weighted by Gasteiger charge is 2.22. The average molecular weight is 401 g/mol. The Morgan fingerprint density at radius 1 is 1.17 bits per heavy atom. The van der Waals surface area contributed by atoms with E-state index in [1.54, 1.807) is 0 Å². The molecule has 2 aromatic heterocycles. The fourth-order valence-electron chi connectivity index (χ4n) is 4.42. The Morgan fingerprint density at radius 2 is 2.07 bits per heavy atom. The molecule has 0 radical (unpaired) electrons. The van der Waals surface area contributed by atoms with Gasteiger partial charge in [0.05, 0.1) is 6.20 Å². The molecule has 1 aliphatic rings. The lowest BCUT2D eigenvalue weighted by atomic mass is 9.91. The Hall–Kier alpha value is -3.05. The minimum absolute atomic E-state index is 0.516. The number of aromatic nitrogens is 3. The molecule has 2 N–H and O–H groups in total. The van der Waals surface area contributed by atoms with Crippen LogP contribution < -0.4 is 10.1 Å². The second kappa shape index (κ2) is 8.36. The van der Waals surface area contributed by atoms with E-state index < -0.39 is 0 Å². The fraction of sp³-hybridized carbons (Fsp3) is 0.320. The standard InChI is InChI=1S/C25H28N4O/c1-29-16-19(15-27-29)11-12-26-20-7-9-24-22(13-20)23-14-21(8-10-25(23)28-24)30-17-18-5-3-2-4-6-18/h2-6,8,10,14-16,20,26,28H,7,9,11-13,17H2,1H3. The van der Waals surface area contributed by atoms with Gasteiger partial charge in [0.2, 0.25) is 0 Å². The van der Waals surface area contributed by atoms with Crippen LogP contribution in [0.4, 0.5) is 0 Å². The van der Waals surface area contributed by atoms with Crippen LogP contribution in [0.5, 0.6) is 5.75 Å². The van der Waals surface area contributed by atoms with Crippen molar-refractivity contribution in [2.24, 2.45) is 7.05 Å². The van der Waals surface area contributed by atoms with Gasteiger partial charge < -0.3 is 15.0 Å². The first-order chi connectivity index (χ1) is 14.7. The minimum atomic E-state index is 0.516. The summed E-state index contributed by atoms with van der Waals surface area (Å²) in [5.74, 6) is 0.930. The number of nitrogens with one attached hydrogen (secondary N) is 2. The molecule has 4 aromatic rings. The summed E-state index contributed by atoms with van der Waals surface area (Å²) in [4.78, 5) is 3.63. The van der Waals surface area contributed by atoms with E-state index in [2.05, 4.69) is 51.9 Å². The van der Waals surface area contributed by atoms with Gasteiger partial charge >= 0.3 is 0 Å². The van der Waals surface area contributed by atoms with Crippen molar-refractivity contribution in [3.8, 4) is 5.75 Å². The molecule has 5 heteroatoms. The molecule has 0 saturated heterocycles. The van der Waals surface area contributed by atoms with Crippen LogP contribution in [0.1, 0.15) is 28.8 Å². The van der Waals surface area contributed by atoms with E-state index in [1.165, 1.54) is 39.7 Å². The van der Waals surface area contributed by atoms with Crippen LogP contribution >= 0.6 is 0 Å². The normalized spacial score (nSPS) is 16.0. The summed E-state index contributed by atoms with van der Waals surface area (Å²) >= 11 is 0. The van der Waals surface area contributed by atoms with Gasteiger partial charge in [-0.25, -0.2) is 0 Å². The van der Waals surface area contributed by atoms with Crippen molar-refractivity contribution < 1.29 is 4.74 Å². The summed E-state index contributed by atoms with van der Waals surface area (Å²) in [5, 5.41) is 9.31. The Kier molecular flexibility index (Phi) is 5.28. The van der Waals surface area contributed by atoms with Gasteiger partial charge in [-0.05, 0) is 67.1 Å². The second-order valence-corrected chi connectivity index (χ2v) is 8.23. The third-order valence-electron chi connectivity index (χ3n) is 6.01. The van der Waals surface area contributed by atoms with Crippen LogP contribution in [0.25, 0.3) is 10.9 Å². The molecular weight excluding hydrogens is 372 g/mol. The summed E-state index contributed by atoms with van der Waals surface area (Å²) < 4.78 is 7.93. The molecule has 5 nitrogen and oxygen atoms in total. The zero-order valence-electron chi connectivity index (χ0n) is 17.4. The second-order valence-electron chi connectivity index (χ2n) is 8.23. The molecule has 0 saturated carbocycles. The van der Waals surface area contributed by atoms with E-state index in [0.717, 1.165) is 31.6 Å². The number of ether oxygens (including phenoxy) is 1. The topological polar surface area (TPSA) is 54.9 Å². The van der Waals surface area contributed by atoms with Gasteiger partial charge in [-0.2, -0.15) is 5.10 Å². The van der Waals surface area contributed by atoms with E-state index in [-0.39, 0.29) is 0 Å². The molecular formula is C25H28N4O. The molecule has 0 amide bonds. The molecule has 0 fully saturated rings. The third-order valence-corrected chi connectivity index (χ3v) is 6.01. The predicted molar refractivity (Wildman–Crippen MR) is 120 cm³/mol.